The molecule has 0 bridgehead atoms. The van der Waals surface area contributed by atoms with Crippen LogP contribution in [0.5, 0.6) is 11.5 Å². The van der Waals surface area contributed by atoms with Gasteiger partial charge in [-0.2, -0.15) is 0 Å². The predicted molar refractivity (Wildman–Crippen MR) is 99.5 cm³/mol. The van der Waals surface area contributed by atoms with Gasteiger partial charge in [0, 0.05) is 21.2 Å². The summed E-state index contributed by atoms with van der Waals surface area (Å²) < 4.78 is 0. The van der Waals surface area contributed by atoms with Gasteiger partial charge in [0.1, 0.15) is 17.1 Å². The highest BCUT2D eigenvalue weighted by Gasteiger charge is 2.24. The Balaban J connectivity index is 2.06. The number of carbonyl (C=O) groups is 2. The summed E-state index contributed by atoms with van der Waals surface area (Å²) in [5.41, 5.74) is 0.0749. The van der Waals surface area contributed by atoms with E-state index in [0.29, 0.717) is 15.6 Å². The Kier molecular flexibility index (Phi) is 4.98. The Hall–Kier alpha value is -2.82. The third-order valence-electron chi connectivity index (χ3n) is 3.84. The number of phenols is 2. The van der Waals surface area contributed by atoms with E-state index in [1.807, 2.05) is 0 Å². The van der Waals surface area contributed by atoms with Crippen molar-refractivity contribution in [2.75, 3.05) is 0 Å². The first-order valence-corrected chi connectivity index (χ1v) is 8.29. The largest absolute Gasteiger partial charge is 0.507 e. The van der Waals surface area contributed by atoms with Gasteiger partial charge in [-0.1, -0.05) is 23.2 Å². The van der Waals surface area contributed by atoms with E-state index in [0.717, 1.165) is 0 Å². The van der Waals surface area contributed by atoms with Crippen LogP contribution in [0.2, 0.25) is 10.0 Å². The number of ketones is 2. The van der Waals surface area contributed by atoms with Gasteiger partial charge in [0.05, 0.1) is 5.56 Å². The van der Waals surface area contributed by atoms with Crippen LogP contribution in [-0.2, 0) is 0 Å². The summed E-state index contributed by atoms with van der Waals surface area (Å²) in [7, 11) is 0. The van der Waals surface area contributed by atoms with Crippen molar-refractivity contribution in [1.29, 1.82) is 0 Å². The number of hydrogen-bond acceptors (Lipinski definition) is 4. The Morgan fingerprint density at radius 3 is 1.62 bits per heavy atom. The Morgan fingerprint density at radius 2 is 1.12 bits per heavy atom. The lowest BCUT2D eigenvalue weighted by Gasteiger charge is -2.11. The lowest BCUT2D eigenvalue weighted by atomic mass is 9.95. The zero-order valence-electron chi connectivity index (χ0n) is 13.2. The van der Waals surface area contributed by atoms with Crippen LogP contribution in [0.15, 0.2) is 60.7 Å². The predicted octanol–water partition coefficient (Wildman–Crippen LogP) is 4.87. The standard InChI is InChI=1S/C20H12Cl2O4/c21-13-5-1-11(2-6-13)18(24)15-9-10-16(23)17(20(15)26)19(25)12-3-7-14(22)8-4-12/h1-10,23,26H. The second-order valence-corrected chi connectivity index (χ2v) is 6.40. The molecule has 2 N–H and O–H groups in total. The fraction of sp³-hybridized carbons (Fsp3) is 0. The first-order valence-electron chi connectivity index (χ1n) is 7.54. The normalized spacial score (nSPS) is 10.5. The summed E-state index contributed by atoms with van der Waals surface area (Å²) in [6, 6.07) is 14.6. The first kappa shape index (κ1) is 18.0. The summed E-state index contributed by atoms with van der Waals surface area (Å²) in [6.07, 6.45) is 0. The van der Waals surface area contributed by atoms with Gasteiger partial charge in [-0.3, -0.25) is 9.59 Å². The number of phenolic OH excluding ortho intramolecular Hbond substituents is 2. The van der Waals surface area contributed by atoms with Crippen molar-refractivity contribution in [3.05, 3.63) is 93.0 Å². The van der Waals surface area contributed by atoms with Gasteiger partial charge in [-0.25, -0.2) is 0 Å². The summed E-state index contributed by atoms with van der Waals surface area (Å²) >= 11 is 11.6. The molecule has 0 aliphatic carbocycles. The van der Waals surface area contributed by atoms with E-state index in [1.54, 1.807) is 12.1 Å². The molecule has 0 spiro atoms. The molecule has 0 aliphatic heterocycles. The van der Waals surface area contributed by atoms with Gasteiger partial charge in [0.25, 0.3) is 0 Å². The van der Waals surface area contributed by atoms with Crippen LogP contribution in [0.4, 0.5) is 0 Å². The molecule has 0 amide bonds. The van der Waals surface area contributed by atoms with Crippen molar-refractivity contribution in [3.63, 3.8) is 0 Å². The molecular formula is C20H12Cl2O4. The van der Waals surface area contributed by atoms with Crippen LogP contribution >= 0.6 is 23.2 Å². The Morgan fingerprint density at radius 1 is 0.654 bits per heavy atom. The third kappa shape index (κ3) is 3.43. The second kappa shape index (κ2) is 7.20. The lowest BCUT2D eigenvalue weighted by molar-refractivity contribution is 0.103. The zero-order chi connectivity index (χ0) is 18.8. The summed E-state index contributed by atoms with van der Waals surface area (Å²) in [6.45, 7) is 0. The molecule has 0 saturated carbocycles. The van der Waals surface area contributed by atoms with Gasteiger partial charge in [0.15, 0.2) is 5.78 Å². The topological polar surface area (TPSA) is 74.6 Å². The average Bonchev–Trinajstić information content (AvgIpc) is 2.62. The maximum Gasteiger partial charge on any atom is 0.200 e. The van der Waals surface area contributed by atoms with E-state index in [4.69, 9.17) is 23.2 Å². The molecule has 26 heavy (non-hydrogen) atoms. The molecule has 4 nitrogen and oxygen atoms in total. The molecule has 0 aromatic heterocycles. The Bertz CT molecular complexity index is 994. The number of aromatic hydroxyl groups is 2. The first-order chi connectivity index (χ1) is 12.4. The second-order valence-electron chi connectivity index (χ2n) is 5.53. The van der Waals surface area contributed by atoms with Gasteiger partial charge >= 0.3 is 0 Å². The molecule has 0 fully saturated rings. The van der Waals surface area contributed by atoms with E-state index >= 15 is 0 Å². The minimum Gasteiger partial charge on any atom is -0.507 e. The molecule has 0 radical (unpaired) electrons. The minimum atomic E-state index is -0.623. The van der Waals surface area contributed by atoms with Crippen LogP contribution in [0, 0.1) is 0 Å². The van der Waals surface area contributed by atoms with Crippen molar-refractivity contribution in [3.8, 4) is 11.5 Å². The van der Waals surface area contributed by atoms with Crippen molar-refractivity contribution in [2.24, 2.45) is 0 Å². The highest BCUT2D eigenvalue weighted by Crippen LogP contribution is 2.34. The molecule has 3 aromatic rings. The molecule has 130 valence electrons. The summed E-state index contributed by atoms with van der Waals surface area (Å²) in [5, 5.41) is 21.5. The van der Waals surface area contributed by atoms with E-state index in [9.17, 15) is 19.8 Å². The zero-order valence-corrected chi connectivity index (χ0v) is 14.8. The SMILES string of the molecule is O=C(c1ccc(Cl)cc1)c1ccc(O)c(C(=O)c2ccc(Cl)cc2)c1O. The van der Waals surface area contributed by atoms with Gasteiger partial charge in [-0.15, -0.1) is 0 Å². The molecule has 0 aliphatic rings. The van der Waals surface area contributed by atoms with Crippen LogP contribution in [-0.4, -0.2) is 21.8 Å². The Labute approximate surface area is 159 Å². The molecule has 3 rings (SSSR count). The number of benzene rings is 3. The van der Waals surface area contributed by atoms with Gasteiger partial charge in [0.2, 0.25) is 5.78 Å². The third-order valence-corrected chi connectivity index (χ3v) is 4.34. The molecule has 0 unspecified atom stereocenters. The van der Waals surface area contributed by atoms with E-state index < -0.39 is 23.1 Å². The van der Waals surface area contributed by atoms with Crippen LogP contribution in [0.1, 0.15) is 31.8 Å². The monoisotopic (exact) mass is 386 g/mol. The number of rotatable bonds is 4. The van der Waals surface area contributed by atoms with E-state index in [2.05, 4.69) is 0 Å². The summed E-state index contributed by atoms with van der Waals surface area (Å²) in [5.74, 6) is -2.12. The fourth-order valence-corrected chi connectivity index (χ4v) is 2.74. The fourth-order valence-electron chi connectivity index (χ4n) is 2.49. The molecule has 0 saturated heterocycles. The van der Waals surface area contributed by atoms with Gasteiger partial charge in [-0.05, 0) is 60.7 Å². The number of halogens is 2. The van der Waals surface area contributed by atoms with Crippen molar-refractivity contribution < 1.29 is 19.8 Å². The molecule has 3 aromatic carbocycles. The van der Waals surface area contributed by atoms with Crippen molar-refractivity contribution in [1.82, 2.24) is 0 Å². The number of carbonyl (C=O) groups excluding carboxylic acids is 2. The highest BCUT2D eigenvalue weighted by atomic mass is 35.5. The molecule has 6 heteroatoms. The van der Waals surface area contributed by atoms with Crippen LogP contribution in [0.3, 0.4) is 0 Å². The van der Waals surface area contributed by atoms with Crippen LogP contribution < -0.4 is 0 Å². The van der Waals surface area contributed by atoms with Crippen molar-refractivity contribution >= 4 is 34.8 Å². The average molecular weight is 387 g/mol. The molecule has 0 heterocycles. The number of hydrogen-bond donors (Lipinski definition) is 2. The van der Waals surface area contributed by atoms with Gasteiger partial charge < -0.3 is 10.2 Å². The maximum absolute atomic E-state index is 12.7. The summed E-state index contributed by atoms with van der Waals surface area (Å²) in [4.78, 5) is 25.3. The molecule has 0 atom stereocenters. The van der Waals surface area contributed by atoms with E-state index in [-0.39, 0.29) is 16.7 Å². The van der Waals surface area contributed by atoms with Crippen LogP contribution in [0.25, 0.3) is 0 Å². The van der Waals surface area contributed by atoms with Crippen molar-refractivity contribution in [2.45, 2.75) is 0 Å². The molecular weight excluding hydrogens is 375 g/mol. The lowest BCUT2D eigenvalue weighted by Crippen LogP contribution is -2.07. The maximum atomic E-state index is 12.7. The minimum absolute atomic E-state index is 0.0950. The smallest absolute Gasteiger partial charge is 0.200 e. The quantitative estimate of drug-likeness (QED) is 0.627. The highest BCUT2D eigenvalue weighted by molar-refractivity contribution is 6.31. The van der Waals surface area contributed by atoms with E-state index in [1.165, 1.54) is 48.5 Å².